The molecule has 1 amide bonds. The van der Waals surface area contributed by atoms with Crippen LogP contribution in [0.15, 0.2) is 0 Å². The van der Waals surface area contributed by atoms with Crippen LogP contribution in [0, 0.1) is 0 Å². The summed E-state index contributed by atoms with van der Waals surface area (Å²) in [7, 11) is 1.64. The minimum atomic E-state index is 0.0563. The quantitative estimate of drug-likeness (QED) is 0.690. The monoisotopic (exact) mass is 230 g/mol. The van der Waals surface area contributed by atoms with Gasteiger partial charge in [-0.25, -0.2) is 0 Å². The molecular weight excluding hydrogens is 208 g/mol. The van der Waals surface area contributed by atoms with Crippen molar-refractivity contribution in [3.63, 3.8) is 0 Å². The molecule has 0 aromatic carbocycles. The van der Waals surface area contributed by atoms with Crippen molar-refractivity contribution in [1.29, 1.82) is 0 Å². The van der Waals surface area contributed by atoms with Gasteiger partial charge in [-0.2, -0.15) is 0 Å². The van der Waals surface area contributed by atoms with Gasteiger partial charge >= 0.3 is 0 Å². The molecule has 5 nitrogen and oxygen atoms in total. The standard InChI is InChI=1S/C11H22N2O3/c1-10(9-15-2)16-8-3-11(14)13-6-4-12-5-7-13/h10,12H,3-9H2,1-2H3. The predicted octanol–water partition coefficient (Wildman–Crippen LogP) is -0.140. The number of amides is 1. The van der Waals surface area contributed by atoms with Crippen LogP contribution in [0.5, 0.6) is 0 Å². The molecule has 1 saturated heterocycles. The topological polar surface area (TPSA) is 50.8 Å². The van der Waals surface area contributed by atoms with Crippen LogP contribution < -0.4 is 5.32 Å². The first-order chi connectivity index (χ1) is 7.74. The maximum atomic E-state index is 11.7. The van der Waals surface area contributed by atoms with Crippen LogP contribution in [0.1, 0.15) is 13.3 Å². The molecule has 5 heteroatoms. The average Bonchev–Trinajstić information content (AvgIpc) is 2.30. The molecular formula is C11H22N2O3. The van der Waals surface area contributed by atoms with E-state index in [2.05, 4.69) is 5.32 Å². The van der Waals surface area contributed by atoms with E-state index in [-0.39, 0.29) is 12.0 Å². The molecule has 1 aliphatic rings. The number of nitrogens with zero attached hydrogens (tertiary/aromatic N) is 1. The van der Waals surface area contributed by atoms with E-state index in [9.17, 15) is 4.79 Å². The van der Waals surface area contributed by atoms with E-state index < -0.39 is 0 Å². The summed E-state index contributed by atoms with van der Waals surface area (Å²) < 4.78 is 10.4. The van der Waals surface area contributed by atoms with E-state index in [0.717, 1.165) is 26.2 Å². The van der Waals surface area contributed by atoms with Gasteiger partial charge in [0, 0.05) is 33.3 Å². The number of methoxy groups -OCH3 is 1. The van der Waals surface area contributed by atoms with E-state index >= 15 is 0 Å². The van der Waals surface area contributed by atoms with Crippen LogP contribution in [0.25, 0.3) is 0 Å². The van der Waals surface area contributed by atoms with Gasteiger partial charge in [0.15, 0.2) is 0 Å². The Morgan fingerprint density at radius 2 is 2.12 bits per heavy atom. The fourth-order valence-corrected chi connectivity index (χ4v) is 1.70. The Kier molecular flexibility index (Phi) is 6.37. The fourth-order valence-electron chi connectivity index (χ4n) is 1.70. The molecule has 94 valence electrons. The summed E-state index contributed by atoms with van der Waals surface area (Å²) in [5.74, 6) is 0.186. The fraction of sp³-hybridized carbons (Fsp3) is 0.909. The molecule has 1 aliphatic heterocycles. The SMILES string of the molecule is COCC(C)OCCC(=O)N1CCNCC1. The van der Waals surface area contributed by atoms with E-state index in [4.69, 9.17) is 9.47 Å². The van der Waals surface area contributed by atoms with Gasteiger partial charge in [-0.05, 0) is 6.92 Å². The van der Waals surface area contributed by atoms with Crippen molar-refractivity contribution < 1.29 is 14.3 Å². The molecule has 1 heterocycles. The van der Waals surface area contributed by atoms with Crippen molar-refractivity contribution >= 4 is 5.91 Å². The van der Waals surface area contributed by atoms with Gasteiger partial charge in [0.2, 0.25) is 5.91 Å². The second-order valence-corrected chi connectivity index (χ2v) is 4.02. The van der Waals surface area contributed by atoms with Gasteiger partial charge in [-0.3, -0.25) is 4.79 Å². The third-order valence-electron chi connectivity index (χ3n) is 2.59. The number of piperazine rings is 1. The highest BCUT2D eigenvalue weighted by Crippen LogP contribution is 1.99. The number of ether oxygens (including phenoxy) is 2. The van der Waals surface area contributed by atoms with Crippen molar-refractivity contribution in [2.75, 3.05) is 46.5 Å². The van der Waals surface area contributed by atoms with Gasteiger partial charge in [-0.15, -0.1) is 0 Å². The van der Waals surface area contributed by atoms with Crippen molar-refractivity contribution in [2.45, 2.75) is 19.4 Å². The first kappa shape index (κ1) is 13.4. The van der Waals surface area contributed by atoms with Gasteiger partial charge in [0.1, 0.15) is 0 Å². The molecule has 0 saturated carbocycles. The van der Waals surface area contributed by atoms with Crippen LogP contribution in [-0.4, -0.2) is 63.4 Å². The number of rotatable bonds is 6. The summed E-state index contributed by atoms with van der Waals surface area (Å²) in [6.45, 7) is 6.41. The zero-order valence-electron chi connectivity index (χ0n) is 10.2. The molecule has 0 aliphatic carbocycles. The molecule has 0 aromatic heterocycles. The molecule has 1 rings (SSSR count). The van der Waals surface area contributed by atoms with E-state index in [0.29, 0.717) is 19.6 Å². The van der Waals surface area contributed by atoms with Crippen molar-refractivity contribution in [3.05, 3.63) is 0 Å². The second kappa shape index (κ2) is 7.60. The van der Waals surface area contributed by atoms with Gasteiger partial charge in [-0.1, -0.05) is 0 Å². The van der Waals surface area contributed by atoms with Crippen LogP contribution >= 0.6 is 0 Å². The van der Waals surface area contributed by atoms with Gasteiger partial charge in [0.25, 0.3) is 0 Å². The Morgan fingerprint density at radius 1 is 1.44 bits per heavy atom. The largest absolute Gasteiger partial charge is 0.382 e. The van der Waals surface area contributed by atoms with Crippen LogP contribution in [0.4, 0.5) is 0 Å². The first-order valence-corrected chi connectivity index (χ1v) is 5.83. The molecule has 16 heavy (non-hydrogen) atoms. The molecule has 0 aromatic rings. The molecule has 1 unspecified atom stereocenters. The Bertz CT molecular complexity index is 205. The van der Waals surface area contributed by atoms with Gasteiger partial charge < -0.3 is 19.7 Å². The summed E-state index contributed by atoms with van der Waals surface area (Å²) in [6.07, 6.45) is 0.523. The zero-order valence-corrected chi connectivity index (χ0v) is 10.2. The number of carbonyl (C=O) groups excluding carboxylic acids is 1. The number of hydrogen-bond donors (Lipinski definition) is 1. The van der Waals surface area contributed by atoms with Crippen LogP contribution in [-0.2, 0) is 14.3 Å². The lowest BCUT2D eigenvalue weighted by Gasteiger charge is -2.27. The van der Waals surface area contributed by atoms with Gasteiger partial charge in [0.05, 0.1) is 25.7 Å². The maximum absolute atomic E-state index is 11.7. The summed E-state index contributed by atoms with van der Waals surface area (Å²) in [6, 6.07) is 0. The van der Waals surface area contributed by atoms with Crippen LogP contribution in [0.3, 0.4) is 0 Å². The Labute approximate surface area is 97.1 Å². The first-order valence-electron chi connectivity index (χ1n) is 5.83. The van der Waals surface area contributed by atoms with Crippen molar-refractivity contribution in [3.8, 4) is 0 Å². The predicted molar refractivity (Wildman–Crippen MR) is 61.4 cm³/mol. The van der Waals surface area contributed by atoms with Crippen molar-refractivity contribution in [2.24, 2.45) is 0 Å². The number of hydrogen-bond acceptors (Lipinski definition) is 4. The van der Waals surface area contributed by atoms with E-state index in [1.165, 1.54) is 0 Å². The summed E-state index contributed by atoms with van der Waals surface area (Å²) in [5.41, 5.74) is 0. The molecule has 0 spiro atoms. The Hall–Kier alpha value is -0.650. The lowest BCUT2D eigenvalue weighted by atomic mass is 10.3. The highest BCUT2D eigenvalue weighted by Gasteiger charge is 2.15. The lowest BCUT2D eigenvalue weighted by Crippen LogP contribution is -2.46. The molecule has 0 radical (unpaired) electrons. The maximum Gasteiger partial charge on any atom is 0.224 e. The minimum absolute atomic E-state index is 0.0563. The van der Waals surface area contributed by atoms with E-state index in [1.54, 1.807) is 7.11 Å². The molecule has 1 fully saturated rings. The normalized spacial score (nSPS) is 18.5. The molecule has 1 N–H and O–H groups in total. The second-order valence-electron chi connectivity index (χ2n) is 4.02. The minimum Gasteiger partial charge on any atom is -0.382 e. The summed E-state index contributed by atoms with van der Waals surface area (Å²) in [4.78, 5) is 13.6. The highest BCUT2D eigenvalue weighted by molar-refractivity contribution is 5.76. The summed E-state index contributed by atoms with van der Waals surface area (Å²) >= 11 is 0. The Balaban J connectivity index is 2.09. The highest BCUT2D eigenvalue weighted by atomic mass is 16.5. The average molecular weight is 230 g/mol. The Morgan fingerprint density at radius 3 is 2.75 bits per heavy atom. The molecule has 0 bridgehead atoms. The lowest BCUT2D eigenvalue weighted by molar-refractivity contribution is -0.133. The zero-order chi connectivity index (χ0) is 11.8. The number of carbonyl (C=O) groups is 1. The van der Waals surface area contributed by atoms with Crippen LogP contribution in [0.2, 0.25) is 0 Å². The number of nitrogens with one attached hydrogen (secondary N) is 1. The third kappa shape index (κ3) is 4.92. The smallest absolute Gasteiger partial charge is 0.224 e. The summed E-state index contributed by atoms with van der Waals surface area (Å²) in [5, 5.41) is 3.22. The van der Waals surface area contributed by atoms with Crippen molar-refractivity contribution in [1.82, 2.24) is 10.2 Å². The van der Waals surface area contributed by atoms with E-state index in [1.807, 2.05) is 11.8 Å². The third-order valence-corrected chi connectivity index (χ3v) is 2.59. The molecule has 1 atom stereocenters.